The molecular formula is C22H30N4O. The molecule has 5 heteroatoms. The summed E-state index contributed by atoms with van der Waals surface area (Å²) in [5.41, 5.74) is 1.98. The molecule has 0 spiro atoms. The molecule has 0 saturated carbocycles. The zero-order valence-corrected chi connectivity index (χ0v) is 16.4. The van der Waals surface area contributed by atoms with Gasteiger partial charge in [-0.15, -0.1) is 0 Å². The van der Waals surface area contributed by atoms with Crippen LogP contribution in [0.25, 0.3) is 0 Å². The van der Waals surface area contributed by atoms with Gasteiger partial charge in [-0.05, 0) is 44.7 Å². The van der Waals surface area contributed by atoms with Crippen molar-refractivity contribution < 1.29 is 4.79 Å². The Kier molecular flexibility index (Phi) is 5.04. The topological polar surface area (TPSA) is 50.2 Å². The van der Waals surface area contributed by atoms with E-state index in [1.807, 2.05) is 19.3 Å². The normalized spacial score (nSPS) is 28.4. The van der Waals surface area contributed by atoms with Gasteiger partial charge >= 0.3 is 0 Å². The van der Waals surface area contributed by atoms with Gasteiger partial charge in [0, 0.05) is 24.8 Å². The van der Waals surface area contributed by atoms with E-state index in [0.29, 0.717) is 5.56 Å². The van der Waals surface area contributed by atoms with Gasteiger partial charge in [-0.3, -0.25) is 9.48 Å². The molecule has 2 saturated heterocycles. The Hall–Kier alpha value is -2.14. The van der Waals surface area contributed by atoms with Gasteiger partial charge in [0.05, 0.1) is 17.8 Å². The number of aryl methyl sites for hydroxylation is 1. The highest BCUT2D eigenvalue weighted by Gasteiger charge is 2.50. The van der Waals surface area contributed by atoms with Crippen molar-refractivity contribution >= 4 is 5.91 Å². The van der Waals surface area contributed by atoms with E-state index in [-0.39, 0.29) is 23.5 Å². The van der Waals surface area contributed by atoms with Crippen molar-refractivity contribution in [3.05, 3.63) is 53.9 Å². The Balaban J connectivity index is 1.67. The first-order valence-corrected chi connectivity index (χ1v) is 10.2. The molecular weight excluding hydrogens is 336 g/mol. The summed E-state index contributed by atoms with van der Waals surface area (Å²) in [6, 6.07) is 11.0. The molecule has 1 amide bonds. The molecule has 1 N–H and O–H groups in total. The Labute approximate surface area is 161 Å². The summed E-state index contributed by atoms with van der Waals surface area (Å²) >= 11 is 0. The lowest BCUT2D eigenvalue weighted by Gasteiger charge is -2.38. The van der Waals surface area contributed by atoms with E-state index >= 15 is 0 Å². The van der Waals surface area contributed by atoms with Crippen LogP contribution in [0.2, 0.25) is 0 Å². The van der Waals surface area contributed by atoms with Gasteiger partial charge in [0.25, 0.3) is 5.91 Å². The first kappa shape index (κ1) is 18.2. The van der Waals surface area contributed by atoms with Crippen LogP contribution in [-0.4, -0.2) is 44.8 Å². The number of likely N-dealkylation sites (tertiary alicyclic amines) is 1. The Morgan fingerprint density at radius 2 is 2.07 bits per heavy atom. The highest BCUT2D eigenvalue weighted by molar-refractivity contribution is 5.94. The summed E-state index contributed by atoms with van der Waals surface area (Å²) in [6.07, 6.45) is 10.2. The molecule has 0 unspecified atom stereocenters. The molecule has 144 valence electrons. The third-order valence-corrected chi connectivity index (χ3v) is 6.31. The van der Waals surface area contributed by atoms with Crippen LogP contribution >= 0.6 is 0 Å². The summed E-state index contributed by atoms with van der Waals surface area (Å²) in [4.78, 5) is 15.7. The second-order valence-corrected chi connectivity index (χ2v) is 8.37. The van der Waals surface area contributed by atoms with E-state index in [4.69, 9.17) is 0 Å². The average Bonchev–Trinajstić information content (AvgIpc) is 3.18. The Bertz CT molecular complexity index is 787. The minimum Gasteiger partial charge on any atom is -0.330 e. The molecule has 0 aliphatic carbocycles. The largest absolute Gasteiger partial charge is 0.330 e. The van der Waals surface area contributed by atoms with E-state index in [9.17, 15) is 4.79 Å². The monoisotopic (exact) mass is 366 g/mol. The number of benzene rings is 1. The van der Waals surface area contributed by atoms with Crippen molar-refractivity contribution in [1.29, 1.82) is 0 Å². The average molecular weight is 367 g/mol. The van der Waals surface area contributed by atoms with Crippen molar-refractivity contribution in [2.45, 2.75) is 63.1 Å². The van der Waals surface area contributed by atoms with E-state index in [1.54, 1.807) is 10.9 Å². The molecule has 27 heavy (non-hydrogen) atoms. The molecule has 2 aromatic rings. The van der Waals surface area contributed by atoms with Gasteiger partial charge in [0.15, 0.2) is 0 Å². The number of aromatic nitrogens is 2. The molecule has 1 aromatic carbocycles. The van der Waals surface area contributed by atoms with Crippen LogP contribution in [0.15, 0.2) is 42.7 Å². The van der Waals surface area contributed by atoms with Gasteiger partial charge in [-0.1, -0.05) is 43.2 Å². The van der Waals surface area contributed by atoms with Gasteiger partial charge in [0.1, 0.15) is 0 Å². The third kappa shape index (κ3) is 3.65. The molecule has 4 rings (SSSR count). The van der Waals surface area contributed by atoms with E-state index in [1.165, 1.54) is 24.8 Å². The lowest BCUT2D eigenvalue weighted by Crippen LogP contribution is -2.54. The molecule has 3 atom stereocenters. The summed E-state index contributed by atoms with van der Waals surface area (Å²) in [7, 11) is 1.86. The SMILES string of the molecule is Cn1cc(C(=O)N2[C@H](Cc3ccccc3)C[C@]3(C)NCCCCC[C@H]23)cn1. The number of nitrogens with one attached hydrogen (secondary N) is 1. The van der Waals surface area contributed by atoms with Gasteiger partial charge in [-0.25, -0.2) is 0 Å². The first-order valence-electron chi connectivity index (χ1n) is 10.2. The number of hydrogen-bond acceptors (Lipinski definition) is 3. The smallest absolute Gasteiger partial charge is 0.257 e. The quantitative estimate of drug-likeness (QED) is 0.908. The second kappa shape index (κ2) is 7.47. The number of hydrogen-bond donors (Lipinski definition) is 1. The van der Waals surface area contributed by atoms with Crippen LogP contribution in [0.3, 0.4) is 0 Å². The number of fused-ring (bicyclic) bond motifs is 1. The maximum absolute atomic E-state index is 13.5. The van der Waals surface area contributed by atoms with Crippen LogP contribution in [0.5, 0.6) is 0 Å². The molecule has 1 aromatic heterocycles. The van der Waals surface area contributed by atoms with Crippen LogP contribution in [0.1, 0.15) is 54.9 Å². The van der Waals surface area contributed by atoms with Crippen molar-refractivity contribution in [1.82, 2.24) is 20.0 Å². The second-order valence-electron chi connectivity index (χ2n) is 8.37. The summed E-state index contributed by atoms with van der Waals surface area (Å²) in [5, 5.41) is 8.03. The van der Waals surface area contributed by atoms with E-state index < -0.39 is 0 Å². The highest BCUT2D eigenvalue weighted by Crippen LogP contribution is 2.39. The Morgan fingerprint density at radius 1 is 1.26 bits per heavy atom. The standard InChI is InChI=1S/C22H30N4O/c1-22-14-19(13-17-9-5-3-6-10-17)26(20(22)11-7-4-8-12-23-22)21(27)18-15-24-25(2)16-18/h3,5-6,9-10,15-16,19-20,23H,4,7-8,11-14H2,1-2H3/t19-,20+,22+/m1/s1. The fourth-order valence-electron chi connectivity index (χ4n) is 4.99. The minimum absolute atomic E-state index is 0.0161. The maximum atomic E-state index is 13.5. The number of carbonyl (C=O) groups excluding carboxylic acids is 1. The van der Waals surface area contributed by atoms with Crippen molar-refractivity contribution in [2.75, 3.05) is 6.54 Å². The molecule has 2 fully saturated rings. The van der Waals surface area contributed by atoms with Crippen LogP contribution < -0.4 is 5.32 Å². The zero-order chi connectivity index (χ0) is 18.9. The van der Waals surface area contributed by atoms with E-state index in [2.05, 4.69) is 46.5 Å². The molecule has 5 nitrogen and oxygen atoms in total. The van der Waals surface area contributed by atoms with Crippen LogP contribution in [-0.2, 0) is 13.5 Å². The fraction of sp³-hybridized carbons (Fsp3) is 0.545. The summed E-state index contributed by atoms with van der Waals surface area (Å²) in [5.74, 6) is 0.125. The van der Waals surface area contributed by atoms with Crippen LogP contribution in [0, 0.1) is 0 Å². The van der Waals surface area contributed by atoms with Crippen molar-refractivity contribution in [3.8, 4) is 0 Å². The summed E-state index contributed by atoms with van der Waals surface area (Å²) in [6.45, 7) is 3.36. The highest BCUT2D eigenvalue weighted by atomic mass is 16.2. The lowest BCUT2D eigenvalue weighted by atomic mass is 9.85. The Morgan fingerprint density at radius 3 is 2.81 bits per heavy atom. The molecule has 2 aliphatic heterocycles. The zero-order valence-electron chi connectivity index (χ0n) is 16.4. The van der Waals surface area contributed by atoms with Gasteiger partial charge in [0.2, 0.25) is 0 Å². The number of rotatable bonds is 3. The molecule has 2 aliphatic rings. The number of nitrogens with zero attached hydrogens (tertiary/aromatic N) is 3. The molecule has 0 radical (unpaired) electrons. The third-order valence-electron chi connectivity index (χ3n) is 6.31. The molecule has 3 heterocycles. The fourth-order valence-corrected chi connectivity index (χ4v) is 4.99. The van der Waals surface area contributed by atoms with Crippen molar-refractivity contribution in [2.24, 2.45) is 7.05 Å². The number of carbonyl (C=O) groups is 1. The summed E-state index contributed by atoms with van der Waals surface area (Å²) < 4.78 is 1.71. The minimum atomic E-state index is -0.0161. The van der Waals surface area contributed by atoms with Crippen LogP contribution in [0.4, 0.5) is 0 Å². The predicted molar refractivity (Wildman–Crippen MR) is 107 cm³/mol. The maximum Gasteiger partial charge on any atom is 0.257 e. The van der Waals surface area contributed by atoms with Gasteiger partial charge < -0.3 is 10.2 Å². The van der Waals surface area contributed by atoms with Crippen molar-refractivity contribution in [3.63, 3.8) is 0 Å². The van der Waals surface area contributed by atoms with E-state index in [0.717, 1.165) is 25.8 Å². The number of amides is 1. The lowest BCUT2D eigenvalue weighted by molar-refractivity contribution is 0.0613. The predicted octanol–water partition coefficient (Wildman–Crippen LogP) is 3.17. The van der Waals surface area contributed by atoms with Gasteiger partial charge in [-0.2, -0.15) is 5.10 Å². The first-order chi connectivity index (χ1) is 13.1. The molecule has 0 bridgehead atoms.